The Balaban J connectivity index is 1.66. The van der Waals surface area contributed by atoms with Gasteiger partial charge in [0, 0.05) is 32.4 Å². The van der Waals surface area contributed by atoms with Crippen LogP contribution in [0.15, 0.2) is 18.3 Å². The summed E-state index contributed by atoms with van der Waals surface area (Å²) in [6.07, 6.45) is -3.55. The van der Waals surface area contributed by atoms with E-state index in [2.05, 4.69) is 19.9 Å². The second-order valence-corrected chi connectivity index (χ2v) is 5.73. The van der Waals surface area contributed by atoms with E-state index in [9.17, 15) is 13.2 Å². The molecule has 1 fully saturated rings. The summed E-state index contributed by atoms with van der Waals surface area (Å²) in [6, 6.07) is 2.40. The van der Waals surface area contributed by atoms with E-state index in [4.69, 9.17) is 23.2 Å². The van der Waals surface area contributed by atoms with Crippen LogP contribution in [0.5, 0.6) is 0 Å². The number of nitrogens with zero attached hydrogens (tertiary/aromatic N) is 6. The topological polar surface area (TPSA) is 58.0 Å². The van der Waals surface area contributed by atoms with Gasteiger partial charge in [0.2, 0.25) is 16.5 Å². The van der Waals surface area contributed by atoms with E-state index >= 15 is 0 Å². The first-order valence-corrected chi connectivity index (χ1v) is 7.69. The number of halogens is 5. The van der Waals surface area contributed by atoms with Crippen molar-refractivity contribution in [3.05, 3.63) is 34.5 Å². The molecule has 1 aliphatic heterocycles. The molecule has 2 aromatic rings. The molecule has 3 heterocycles. The summed E-state index contributed by atoms with van der Waals surface area (Å²) in [5, 5.41) is 0.0219. The van der Waals surface area contributed by atoms with E-state index in [1.54, 1.807) is 0 Å². The minimum atomic E-state index is -4.39. The van der Waals surface area contributed by atoms with Crippen LogP contribution in [0.25, 0.3) is 0 Å². The standard InChI is InChI=1S/C13H11Cl2F3N6/c14-10-20-11(15)22-12(21-10)24-5-3-23(4-6-24)9-2-1-8(7-19-9)13(16,17)18/h1-2,7H,3-6H2. The van der Waals surface area contributed by atoms with Crippen LogP contribution in [0, 0.1) is 0 Å². The van der Waals surface area contributed by atoms with Crippen LogP contribution < -0.4 is 9.80 Å². The Hall–Kier alpha value is -1.87. The molecule has 0 spiro atoms. The summed E-state index contributed by atoms with van der Waals surface area (Å²) in [4.78, 5) is 19.4. The summed E-state index contributed by atoms with van der Waals surface area (Å²) in [5.41, 5.74) is -0.764. The summed E-state index contributed by atoms with van der Waals surface area (Å²) in [7, 11) is 0. The Bertz CT molecular complexity index is 696. The largest absolute Gasteiger partial charge is 0.417 e. The van der Waals surface area contributed by atoms with E-state index in [-0.39, 0.29) is 10.6 Å². The van der Waals surface area contributed by atoms with Crippen LogP contribution in [-0.2, 0) is 6.18 Å². The zero-order valence-corrected chi connectivity index (χ0v) is 13.6. The quantitative estimate of drug-likeness (QED) is 0.800. The van der Waals surface area contributed by atoms with Crippen molar-refractivity contribution in [1.29, 1.82) is 0 Å². The number of aromatic nitrogens is 4. The molecule has 128 valence electrons. The predicted octanol–water partition coefficient (Wildman–Crippen LogP) is 2.92. The van der Waals surface area contributed by atoms with Gasteiger partial charge in [0.1, 0.15) is 5.82 Å². The van der Waals surface area contributed by atoms with Crippen LogP contribution in [0.4, 0.5) is 24.9 Å². The lowest BCUT2D eigenvalue weighted by molar-refractivity contribution is -0.137. The van der Waals surface area contributed by atoms with Crippen molar-refractivity contribution >= 4 is 35.0 Å². The fourth-order valence-corrected chi connectivity index (χ4v) is 2.69. The second-order valence-electron chi connectivity index (χ2n) is 5.05. The highest BCUT2D eigenvalue weighted by atomic mass is 35.5. The molecule has 11 heteroatoms. The van der Waals surface area contributed by atoms with Crippen molar-refractivity contribution in [3.63, 3.8) is 0 Å². The summed E-state index contributed by atoms with van der Waals surface area (Å²) in [6.45, 7) is 2.22. The van der Waals surface area contributed by atoms with Crippen molar-refractivity contribution in [2.24, 2.45) is 0 Å². The first-order chi connectivity index (χ1) is 11.3. The summed E-state index contributed by atoms with van der Waals surface area (Å²) >= 11 is 11.5. The maximum absolute atomic E-state index is 12.6. The molecule has 0 bridgehead atoms. The molecule has 0 aliphatic carbocycles. The second kappa shape index (κ2) is 6.56. The van der Waals surface area contributed by atoms with Crippen LogP contribution in [0.3, 0.4) is 0 Å². The first kappa shape index (κ1) is 17.0. The van der Waals surface area contributed by atoms with Crippen molar-refractivity contribution in [2.75, 3.05) is 36.0 Å². The highest BCUT2D eigenvalue weighted by molar-refractivity contribution is 6.31. The van der Waals surface area contributed by atoms with Gasteiger partial charge in [-0.2, -0.15) is 28.1 Å². The number of piperazine rings is 1. The Kier molecular flexibility index (Phi) is 4.64. The Morgan fingerprint density at radius 3 is 1.96 bits per heavy atom. The van der Waals surface area contributed by atoms with Gasteiger partial charge in [-0.25, -0.2) is 4.98 Å². The molecule has 0 unspecified atom stereocenters. The van der Waals surface area contributed by atoms with Crippen molar-refractivity contribution in [1.82, 2.24) is 19.9 Å². The zero-order chi connectivity index (χ0) is 17.3. The number of hydrogen-bond acceptors (Lipinski definition) is 6. The van der Waals surface area contributed by atoms with Crippen LogP contribution >= 0.6 is 23.2 Å². The van der Waals surface area contributed by atoms with Gasteiger partial charge in [-0.15, -0.1) is 0 Å². The van der Waals surface area contributed by atoms with Crippen LogP contribution in [0.2, 0.25) is 10.6 Å². The predicted molar refractivity (Wildman–Crippen MR) is 83.5 cm³/mol. The van der Waals surface area contributed by atoms with E-state index in [1.807, 2.05) is 9.80 Å². The molecule has 0 N–H and O–H groups in total. The van der Waals surface area contributed by atoms with Crippen molar-refractivity contribution < 1.29 is 13.2 Å². The minimum absolute atomic E-state index is 0.0110. The number of pyridine rings is 1. The Morgan fingerprint density at radius 1 is 0.875 bits per heavy atom. The maximum atomic E-state index is 12.6. The third-order valence-electron chi connectivity index (χ3n) is 3.53. The number of hydrogen-bond donors (Lipinski definition) is 0. The van der Waals surface area contributed by atoms with E-state index in [1.165, 1.54) is 6.07 Å². The average Bonchev–Trinajstić information content (AvgIpc) is 2.53. The molecular formula is C13H11Cl2F3N6. The lowest BCUT2D eigenvalue weighted by Gasteiger charge is -2.35. The van der Waals surface area contributed by atoms with Gasteiger partial charge in [-0.1, -0.05) is 0 Å². The molecule has 0 atom stereocenters. The molecule has 0 amide bonds. The molecule has 0 aromatic carbocycles. The fraction of sp³-hybridized carbons (Fsp3) is 0.385. The SMILES string of the molecule is FC(F)(F)c1ccc(N2CCN(c3nc(Cl)nc(Cl)n3)CC2)nc1. The van der Waals surface area contributed by atoms with Gasteiger partial charge in [-0.05, 0) is 35.3 Å². The van der Waals surface area contributed by atoms with Crippen LogP contribution in [0.1, 0.15) is 5.56 Å². The molecule has 24 heavy (non-hydrogen) atoms. The fourth-order valence-electron chi connectivity index (χ4n) is 2.33. The van der Waals surface area contributed by atoms with Crippen LogP contribution in [-0.4, -0.2) is 46.1 Å². The normalized spacial score (nSPS) is 15.7. The monoisotopic (exact) mass is 378 g/mol. The molecule has 1 aliphatic rings. The lowest BCUT2D eigenvalue weighted by Crippen LogP contribution is -2.47. The zero-order valence-electron chi connectivity index (χ0n) is 12.1. The molecule has 0 radical (unpaired) electrons. The van der Waals surface area contributed by atoms with Gasteiger partial charge >= 0.3 is 6.18 Å². The van der Waals surface area contributed by atoms with E-state index < -0.39 is 11.7 Å². The Morgan fingerprint density at radius 2 is 1.46 bits per heavy atom. The Labute approximate surface area is 145 Å². The summed E-state index contributed by atoms with van der Waals surface area (Å²) < 4.78 is 37.7. The third kappa shape index (κ3) is 3.78. The van der Waals surface area contributed by atoms with Gasteiger partial charge < -0.3 is 9.80 Å². The third-order valence-corrected chi connectivity index (χ3v) is 3.87. The average molecular weight is 379 g/mol. The van der Waals surface area contributed by atoms with Gasteiger partial charge in [0.15, 0.2) is 0 Å². The minimum Gasteiger partial charge on any atom is -0.353 e. The number of alkyl halides is 3. The molecule has 0 saturated carbocycles. The smallest absolute Gasteiger partial charge is 0.353 e. The first-order valence-electron chi connectivity index (χ1n) is 6.93. The lowest BCUT2D eigenvalue weighted by atomic mass is 10.2. The molecule has 1 saturated heterocycles. The molecular weight excluding hydrogens is 368 g/mol. The summed E-state index contributed by atoms with van der Waals surface area (Å²) in [5.74, 6) is 0.870. The molecule has 2 aromatic heterocycles. The number of rotatable bonds is 2. The van der Waals surface area contributed by atoms with E-state index in [0.29, 0.717) is 37.9 Å². The molecule has 3 rings (SSSR count). The van der Waals surface area contributed by atoms with E-state index in [0.717, 1.165) is 12.3 Å². The van der Waals surface area contributed by atoms with Crippen molar-refractivity contribution in [2.45, 2.75) is 6.18 Å². The number of anilines is 2. The van der Waals surface area contributed by atoms with Gasteiger partial charge in [-0.3, -0.25) is 0 Å². The maximum Gasteiger partial charge on any atom is 0.417 e. The van der Waals surface area contributed by atoms with Gasteiger partial charge in [0.05, 0.1) is 5.56 Å². The highest BCUT2D eigenvalue weighted by Crippen LogP contribution is 2.29. The van der Waals surface area contributed by atoms with Gasteiger partial charge in [0.25, 0.3) is 0 Å². The van der Waals surface area contributed by atoms with Crippen molar-refractivity contribution in [3.8, 4) is 0 Å². The molecule has 6 nitrogen and oxygen atoms in total. The highest BCUT2D eigenvalue weighted by Gasteiger charge is 2.31.